The minimum absolute atomic E-state index is 0.153. The molecule has 0 bridgehead atoms. The Morgan fingerprint density at radius 1 is 1.26 bits per heavy atom. The van der Waals surface area contributed by atoms with Gasteiger partial charge >= 0.3 is 0 Å². The molecule has 100 valence electrons. The van der Waals surface area contributed by atoms with Crippen molar-refractivity contribution in [3.05, 3.63) is 46.8 Å². The van der Waals surface area contributed by atoms with E-state index in [1.54, 1.807) is 36.4 Å². The summed E-state index contributed by atoms with van der Waals surface area (Å²) in [5.74, 6) is 0. The van der Waals surface area contributed by atoms with Crippen LogP contribution in [-0.4, -0.2) is 13.4 Å². The van der Waals surface area contributed by atoms with Gasteiger partial charge in [0.15, 0.2) is 0 Å². The van der Waals surface area contributed by atoms with E-state index in [4.69, 9.17) is 18.0 Å². The van der Waals surface area contributed by atoms with Crippen molar-refractivity contribution < 1.29 is 8.42 Å². The average Bonchev–Trinajstić information content (AvgIpc) is 2.76. The molecule has 19 heavy (non-hydrogen) atoms. The van der Waals surface area contributed by atoms with Crippen LogP contribution in [0.5, 0.6) is 0 Å². The van der Waals surface area contributed by atoms with Gasteiger partial charge in [-0.15, -0.1) is 11.3 Å². The van der Waals surface area contributed by atoms with Crippen molar-refractivity contribution in [2.24, 2.45) is 5.73 Å². The lowest BCUT2D eigenvalue weighted by Crippen LogP contribution is -2.17. The summed E-state index contributed by atoms with van der Waals surface area (Å²) in [7, 11) is -3.60. The summed E-state index contributed by atoms with van der Waals surface area (Å²) in [6, 6.07) is 10.1. The molecule has 2 rings (SSSR count). The maximum absolute atomic E-state index is 12.2. The molecule has 0 saturated carbocycles. The van der Waals surface area contributed by atoms with Crippen LogP contribution in [0.3, 0.4) is 0 Å². The summed E-state index contributed by atoms with van der Waals surface area (Å²) in [4.78, 5) is 1.09. The van der Waals surface area contributed by atoms with Gasteiger partial charge in [0.25, 0.3) is 10.0 Å². The summed E-state index contributed by atoms with van der Waals surface area (Å²) >= 11 is 6.12. The first-order valence-corrected chi connectivity index (χ1v) is 8.09. The van der Waals surface area contributed by atoms with Gasteiger partial charge in [-0.25, -0.2) is 8.42 Å². The van der Waals surface area contributed by atoms with Crippen LogP contribution in [0.4, 0.5) is 5.69 Å². The third kappa shape index (κ3) is 3.12. The zero-order valence-electron chi connectivity index (χ0n) is 10.1. The number of aryl methyl sites for hydroxylation is 1. The van der Waals surface area contributed by atoms with E-state index in [0.29, 0.717) is 11.3 Å². The normalized spacial score (nSPS) is 11.2. The molecule has 0 aliphatic carbocycles. The number of thiocarbonyl (C=S) groups is 1. The molecule has 4 nitrogen and oxygen atoms in total. The third-order valence-corrected chi connectivity index (χ3v) is 5.50. The van der Waals surface area contributed by atoms with E-state index in [2.05, 4.69) is 4.72 Å². The molecule has 0 aliphatic heterocycles. The van der Waals surface area contributed by atoms with Crippen molar-refractivity contribution >= 4 is 44.3 Å². The number of rotatable bonds is 4. The number of hydrogen-bond donors (Lipinski definition) is 2. The lowest BCUT2D eigenvalue weighted by Gasteiger charge is -2.10. The lowest BCUT2D eigenvalue weighted by molar-refractivity contribution is 0.603. The Morgan fingerprint density at radius 2 is 1.95 bits per heavy atom. The molecule has 2 aromatic rings. The fourth-order valence-corrected chi connectivity index (χ4v) is 4.08. The Balaban J connectivity index is 2.39. The summed E-state index contributed by atoms with van der Waals surface area (Å²) in [6.07, 6.45) is 0. The monoisotopic (exact) mass is 312 g/mol. The average molecular weight is 312 g/mol. The van der Waals surface area contributed by atoms with E-state index in [9.17, 15) is 8.42 Å². The van der Waals surface area contributed by atoms with Gasteiger partial charge in [-0.05, 0) is 31.2 Å². The van der Waals surface area contributed by atoms with Gasteiger partial charge < -0.3 is 5.73 Å². The molecule has 0 atom stereocenters. The Morgan fingerprint density at radius 3 is 2.53 bits per heavy atom. The highest BCUT2D eigenvalue weighted by Crippen LogP contribution is 2.24. The summed E-state index contributed by atoms with van der Waals surface area (Å²) in [5, 5.41) is 0. The van der Waals surface area contributed by atoms with Crippen LogP contribution in [0.2, 0.25) is 0 Å². The second-order valence-electron chi connectivity index (χ2n) is 3.88. The van der Waals surface area contributed by atoms with Crippen LogP contribution in [0.15, 0.2) is 40.6 Å². The van der Waals surface area contributed by atoms with Gasteiger partial charge in [0.05, 0.1) is 5.69 Å². The molecule has 1 aromatic carbocycles. The summed E-state index contributed by atoms with van der Waals surface area (Å²) in [6.45, 7) is 1.85. The Bertz CT molecular complexity index is 720. The van der Waals surface area contributed by atoms with Crippen LogP contribution in [0, 0.1) is 6.92 Å². The van der Waals surface area contributed by atoms with Crippen LogP contribution < -0.4 is 10.5 Å². The third-order valence-electron chi connectivity index (χ3n) is 2.42. The fourth-order valence-electron chi connectivity index (χ4n) is 1.54. The van der Waals surface area contributed by atoms with E-state index in [0.717, 1.165) is 4.88 Å². The lowest BCUT2D eigenvalue weighted by atomic mass is 10.2. The minimum Gasteiger partial charge on any atom is -0.389 e. The predicted molar refractivity (Wildman–Crippen MR) is 82.2 cm³/mol. The Labute approximate surface area is 121 Å². The second-order valence-corrected chi connectivity index (χ2v) is 7.52. The van der Waals surface area contributed by atoms with Crippen molar-refractivity contribution in [2.75, 3.05) is 4.72 Å². The highest BCUT2D eigenvalue weighted by atomic mass is 32.2. The molecule has 0 radical (unpaired) electrons. The van der Waals surface area contributed by atoms with Crippen LogP contribution in [-0.2, 0) is 10.0 Å². The van der Waals surface area contributed by atoms with Crippen molar-refractivity contribution in [3.8, 4) is 0 Å². The van der Waals surface area contributed by atoms with Gasteiger partial charge in [-0.2, -0.15) is 0 Å². The highest BCUT2D eigenvalue weighted by Gasteiger charge is 2.18. The number of anilines is 1. The van der Waals surface area contributed by atoms with Gasteiger partial charge in [0.1, 0.15) is 9.20 Å². The van der Waals surface area contributed by atoms with Crippen molar-refractivity contribution in [1.29, 1.82) is 0 Å². The summed E-state index contributed by atoms with van der Waals surface area (Å²) < 4.78 is 27.2. The molecule has 0 aliphatic rings. The molecule has 1 aromatic heterocycles. The number of sulfonamides is 1. The molecule has 3 N–H and O–H groups in total. The fraction of sp³-hybridized carbons (Fsp3) is 0.0833. The van der Waals surface area contributed by atoms with Crippen LogP contribution in [0.25, 0.3) is 0 Å². The number of thiophene rings is 1. The Kier molecular flexibility index (Phi) is 3.88. The van der Waals surface area contributed by atoms with E-state index in [1.807, 2.05) is 6.92 Å². The van der Waals surface area contributed by atoms with E-state index in [1.165, 1.54) is 11.3 Å². The minimum atomic E-state index is -3.60. The molecular weight excluding hydrogens is 300 g/mol. The van der Waals surface area contributed by atoms with Crippen molar-refractivity contribution in [2.45, 2.75) is 11.1 Å². The second kappa shape index (κ2) is 5.28. The molecular formula is C12H12N2O2S3. The first-order valence-electron chi connectivity index (χ1n) is 5.38. The first kappa shape index (κ1) is 14.0. The predicted octanol–water partition coefficient (Wildman–Crippen LogP) is 2.49. The van der Waals surface area contributed by atoms with Crippen molar-refractivity contribution in [3.63, 3.8) is 0 Å². The van der Waals surface area contributed by atoms with Gasteiger partial charge in [0, 0.05) is 10.4 Å². The largest absolute Gasteiger partial charge is 0.389 e. The Hall–Kier alpha value is -1.44. The maximum atomic E-state index is 12.2. The number of nitrogens with two attached hydrogens (primary N) is 1. The molecule has 0 amide bonds. The van der Waals surface area contributed by atoms with Gasteiger partial charge in [0.2, 0.25) is 0 Å². The molecule has 1 heterocycles. The molecule has 0 fully saturated rings. The van der Waals surface area contributed by atoms with Crippen LogP contribution >= 0.6 is 23.6 Å². The van der Waals surface area contributed by atoms with Gasteiger partial charge in [-0.1, -0.05) is 24.4 Å². The number of nitrogens with one attached hydrogen (secondary N) is 1. The molecule has 0 saturated heterocycles. The van der Waals surface area contributed by atoms with Crippen molar-refractivity contribution in [1.82, 2.24) is 0 Å². The number of hydrogen-bond acceptors (Lipinski definition) is 4. The highest BCUT2D eigenvalue weighted by molar-refractivity contribution is 7.94. The molecule has 7 heteroatoms. The quantitative estimate of drug-likeness (QED) is 0.851. The number of para-hydroxylation sites is 1. The zero-order valence-corrected chi connectivity index (χ0v) is 12.5. The van der Waals surface area contributed by atoms with E-state index >= 15 is 0 Å². The maximum Gasteiger partial charge on any atom is 0.271 e. The van der Waals surface area contributed by atoms with Gasteiger partial charge in [-0.3, -0.25) is 4.72 Å². The molecule has 0 unspecified atom stereocenters. The van der Waals surface area contributed by atoms with E-state index in [-0.39, 0.29) is 9.20 Å². The first-order chi connectivity index (χ1) is 8.90. The zero-order chi connectivity index (χ0) is 14.0. The SMILES string of the molecule is Cc1ccc(S(=O)(=O)Nc2ccccc2C(N)=S)s1. The van der Waals surface area contributed by atoms with Crippen LogP contribution in [0.1, 0.15) is 10.4 Å². The van der Waals surface area contributed by atoms with E-state index < -0.39 is 10.0 Å². The molecule has 0 spiro atoms. The standard InChI is InChI=1S/C12H12N2O2S3/c1-8-6-7-11(18-8)19(15,16)14-10-5-3-2-4-9(10)12(13)17/h2-7,14H,1H3,(H2,13,17). The smallest absolute Gasteiger partial charge is 0.271 e. The topological polar surface area (TPSA) is 72.2 Å². The number of benzene rings is 1. The summed E-state index contributed by atoms with van der Waals surface area (Å²) in [5.41, 5.74) is 6.47.